The summed E-state index contributed by atoms with van der Waals surface area (Å²) in [5, 5.41) is 11.5. The van der Waals surface area contributed by atoms with Gasteiger partial charge in [-0.3, -0.25) is 14.6 Å². The summed E-state index contributed by atoms with van der Waals surface area (Å²) in [6.07, 6.45) is 2.62. The summed E-state index contributed by atoms with van der Waals surface area (Å²) < 4.78 is 32.3. The third-order valence-corrected chi connectivity index (χ3v) is 5.19. The van der Waals surface area contributed by atoms with Crippen molar-refractivity contribution in [2.24, 2.45) is 0 Å². The third kappa shape index (κ3) is 5.27. The summed E-state index contributed by atoms with van der Waals surface area (Å²) in [4.78, 5) is 29.9. The monoisotopic (exact) mass is 440 g/mol. The van der Waals surface area contributed by atoms with Crippen LogP contribution in [0.25, 0.3) is 5.57 Å². The largest absolute Gasteiger partial charge is 0.497 e. The number of carbonyl (C=O) groups excluding carboxylic acids is 2. The van der Waals surface area contributed by atoms with Gasteiger partial charge in [0.15, 0.2) is 0 Å². The number of methoxy groups -OCH3 is 1. The maximum absolute atomic E-state index is 13.6. The van der Waals surface area contributed by atoms with Gasteiger partial charge in [0, 0.05) is 24.4 Å². The number of nitriles is 1. The first-order valence-corrected chi connectivity index (χ1v) is 9.84. The fourth-order valence-electron chi connectivity index (χ4n) is 3.50. The molecule has 1 aromatic carbocycles. The topological polar surface area (TPSA) is 95.3 Å². The summed E-state index contributed by atoms with van der Waals surface area (Å²) in [7, 11) is 1.57. The van der Waals surface area contributed by atoms with E-state index in [1.165, 1.54) is 18.5 Å². The minimum Gasteiger partial charge on any atom is -0.497 e. The van der Waals surface area contributed by atoms with E-state index in [9.17, 15) is 18.4 Å². The van der Waals surface area contributed by atoms with Gasteiger partial charge in [-0.15, -0.1) is 0 Å². The van der Waals surface area contributed by atoms with Gasteiger partial charge in [0.1, 0.15) is 11.8 Å². The normalized spacial score (nSPS) is 16.8. The van der Waals surface area contributed by atoms with Crippen LogP contribution in [0.15, 0.2) is 49.3 Å². The second-order valence-electron chi connectivity index (χ2n) is 7.45. The van der Waals surface area contributed by atoms with E-state index in [-0.39, 0.29) is 0 Å². The first kappa shape index (κ1) is 22.9. The Morgan fingerprint density at radius 3 is 2.72 bits per heavy atom. The van der Waals surface area contributed by atoms with Crippen molar-refractivity contribution in [2.75, 3.05) is 20.2 Å². The van der Waals surface area contributed by atoms with Gasteiger partial charge >= 0.3 is 0 Å². The van der Waals surface area contributed by atoms with Crippen LogP contribution in [0, 0.1) is 11.3 Å². The fourth-order valence-corrected chi connectivity index (χ4v) is 3.50. The molecule has 1 atom stereocenters. The molecule has 1 aliphatic rings. The lowest BCUT2D eigenvalue weighted by molar-refractivity contribution is -0.131. The van der Waals surface area contributed by atoms with E-state index in [1.54, 1.807) is 25.3 Å². The average Bonchev–Trinajstić information content (AvgIpc) is 3.12. The number of likely N-dealkylation sites (tertiary alicyclic amines) is 1. The Morgan fingerprint density at radius 1 is 1.34 bits per heavy atom. The minimum atomic E-state index is -3.11. The first-order valence-electron chi connectivity index (χ1n) is 9.84. The van der Waals surface area contributed by atoms with E-state index in [0.717, 1.165) is 16.0 Å². The van der Waals surface area contributed by atoms with E-state index >= 15 is 0 Å². The van der Waals surface area contributed by atoms with Crippen molar-refractivity contribution >= 4 is 17.4 Å². The van der Waals surface area contributed by atoms with Gasteiger partial charge in [-0.2, -0.15) is 5.26 Å². The molecule has 0 saturated carbocycles. The van der Waals surface area contributed by atoms with E-state index < -0.39 is 43.3 Å². The molecular formula is C23H22F2N4O3. The molecule has 2 heterocycles. The van der Waals surface area contributed by atoms with Crippen LogP contribution in [-0.2, 0) is 11.2 Å². The number of hydrogen-bond acceptors (Lipinski definition) is 5. The molecule has 0 spiro atoms. The zero-order valence-electron chi connectivity index (χ0n) is 17.5. The molecular weight excluding hydrogens is 418 g/mol. The van der Waals surface area contributed by atoms with Crippen molar-refractivity contribution in [1.82, 2.24) is 15.2 Å². The van der Waals surface area contributed by atoms with Gasteiger partial charge in [0.05, 0.1) is 26.3 Å². The van der Waals surface area contributed by atoms with Crippen molar-refractivity contribution in [2.45, 2.75) is 24.8 Å². The van der Waals surface area contributed by atoms with Gasteiger partial charge in [-0.25, -0.2) is 8.78 Å². The van der Waals surface area contributed by atoms with Crippen LogP contribution in [0.1, 0.15) is 27.9 Å². The lowest BCUT2D eigenvalue weighted by atomic mass is 9.97. The van der Waals surface area contributed by atoms with Crippen LogP contribution in [0.3, 0.4) is 0 Å². The molecule has 0 aliphatic carbocycles. The highest BCUT2D eigenvalue weighted by atomic mass is 19.3. The van der Waals surface area contributed by atoms with Gasteiger partial charge in [0.2, 0.25) is 5.91 Å². The molecule has 3 rings (SSSR count). The highest BCUT2D eigenvalue weighted by molar-refractivity contribution is 5.98. The SMILES string of the molecule is C=C(Cc1cnccc1C(=O)NCC(=O)N1CC(F)(F)CC1C#N)c1ccc(OC)cc1. The molecule has 1 fully saturated rings. The number of nitrogens with one attached hydrogen (secondary N) is 1. The molecule has 2 aromatic rings. The highest BCUT2D eigenvalue weighted by Crippen LogP contribution is 2.31. The number of carbonyl (C=O) groups is 2. The number of benzene rings is 1. The zero-order chi connectivity index (χ0) is 23.3. The molecule has 32 heavy (non-hydrogen) atoms. The number of halogens is 2. The Balaban J connectivity index is 1.66. The van der Waals surface area contributed by atoms with Crippen LogP contribution in [0.4, 0.5) is 8.78 Å². The summed E-state index contributed by atoms with van der Waals surface area (Å²) in [5.74, 6) is -3.68. The molecule has 1 saturated heterocycles. The molecule has 166 valence electrons. The van der Waals surface area contributed by atoms with Crippen molar-refractivity contribution in [3.8, 4) is 11.8 Å². The molecule has 2 amide bonds. The Bertz CT molecular complexity index is 1060. The molecule has 7 nitrogen and oxygen atoms in total. The Morgan fingerprint density at radius 2 is 2.06 bits per heavy atom. The molecule has 0 radical (unpaired) electrons. The minimum absolute atomic E-state index is 0.297. The standard InChI is InChI=1S/C23H22F2N4O3/c1-15(16-3-5-19(32-2)6-4-16)9-17-12-27-8-7-20(17)22(31)28-13-21(30)29-14-23(24,25)10-18(29)11-26/h3-8,12,18H,1,9-10,13-14H2,2H3,(H,28,31). The number of rotatable bonds is 7. The second-order valence-corrected chi connectivity index (χ2v) is 7.45. The third-order valence-electron chi connectivity index (χ3n) is 5.19. The van der Waals surface area contributed by atoms with Crippen LogP contribution in [0.5, 0.6) is 5.75 Å². The van der Waals surface area contributed by atoms with Gasteiger partial charge < -0.3 is 15.0 Å². The van der Waals surface area contributed by atoms with Crippen LogP contribution < -0.4 is 10.1 Å². The molecule has 9 heteroatoms. The number of amides is 2. The number of allylic oxidation sites excluding steroid dienone is 1. The Kier molecular flexibility index (Phi) is 6.83. The summed E-state index contributed by atoms with van der Waals surface area (Å²) in [5.41, 5.74) is 2.52. The lowest BCUT2D eigenvalue weighted by Crippen LogP contribution is -2.43. The number of nitrogens with zero attached hydrogens (tertiary/aromatic N) is 3. The Hall–Kier alpha value is -3.80. The Labute approximate surface area is 184 Å². The average molecular weight is 440 g/mol. The fraction of sp³-hybridized carbons (Fsp3) is 0.304. The number of aromatic nitrogens is 1. The van der Waals surface area contributed by atoms with E-state index in [2.05, 4.69) is 16.9 Å². The van der Waals surface area contributed by atoms with Gasteiger partial charge in [-0.05, 0) is 41.3 Å². The zero-order valence-corrected chi connectivity index (χ0v) is 17.5. The maximum Gasteiger partial charge on any atom is 0.268 e. The summed E-state index contributed by atoms with van der Waals surface area (Å²) in [6.45, 7) is 2.75. The number of hydrogen-bond donors (Lipinski definition) is 1. The summed E-state index contributed by atoms with van der Waals surface area (Å²) >= 11 is 0. The van der Waals surface area contributed by atoms with Crippen LogP contribution in [0.2, 0.25) is 0 Å². The van der Waals surface area contributed by atoms with Crippen molar-refractivity contribution in [3.05, 3.63) is 66.0 Å². The van der Waals surface area contributed by atoms with E-state index in [0.29, 0.717) is 23.3 Å². The van der Waals surface area contributed by atoms with E-state index in [1.807, 2.05) is 12.1 Å². The van der Waals surface area contributed by atoms with Crippen molar-refractivity contribution in [1.29, 1.82) is 5.26 Å². The lowest BCUT2D eigenvalue weighted by Gasteiger charge is -2.19. The summed E-state index contributed by atoms with van der Waals surface area (Å²) in [6, 6.07) is 9.33. The van der Waals surface area contributed by atoms with Crippen LogP contribution in [-0.4, -0.2) is 53.9 Å². The predicted molar refractivity (Wildman–Crippen MR) is 113 cm³/mol. The molecule has 1 unspecified atom stereocenters. The maximum atomic E-state index is 13.6. The highest BCUT2D eigenvalue weighted by Gasteiger charge is 2.47. The second kappa shape index (κ2) is 9.56. The molecule has 0 bridgehead atoms. The molecule has 1 aliphatic heterocycles. The first-order chi connectivity index (χ1) is 15.2. The smallest absolute Gasteiger partial charge is 0.268 e. The van der Waals surface area contributed by atoms with Gasteiger partial charge in [-0.1, -0.05) is 18.7 Å². The number of alkyl halides is 2. The molecule has 1 aromatic heterocycles. The van der Waals surface area contributed by atoms with Crippen LogP contribution >= 0.6 is 0 Å². The van der Waals surface area contributed by atoms with Gasteiger partial charge in [0.25, 0.3) is 11.8 Å². The molecule has 1 N–H and O–H groups in total. The van der Waals surface area contributed by atoms with Crippen molar-refractivity contribution in [3.63, 3.8) is 0 Å². The number of pyridine rings is 1. The van der Waals surface area contributed by atoms with E-state index in [4.69, 9.17) is 10.00 Å². The predicted octanol–water partition coefficient (Wildman–Crippen LogP) is 2.84. The van der Waals surface area contributed by atoms with Crippen molar-refractivity contribution < 1.29 is 23.1 Å². The number of ether oxygens (including phenoxy) is 1. The quantitative estimate of drug-likeness (QED) is 0.714.